The van der Waals surface area contributed by atoms with Crippen LogP contribution >= 0.6 is 0 Å². The van der Waals surface area contributed by atoms with E-state index in [0.717, 1.165) is 12.3 Å². The number of hydrogen-bond acceptors (Lipinski definition) is 2. The van der Waals surface area contributed by atoms with Crippen LogP contribution in [0.1, 0.15) is 40.5 Å². The van der Waals surface area contributed by atoms with E-state index in [2.05, 4.69) is 6.92 Å². The molecule has 2 fully saturated rings. The molecular formula is C11H20O2. The van der Waals surface area contributed by atoms with Crippen molar-refractivity contribution in [2.45, 2.75) is 39.0 Å². The van der Waals surface area contributed by atoms with Crippen LogP contribution in [-0.2, 0) is 9.53 Å². The van der Waals surface area contributed by atoms with Crippen molar-refractivity contribution in [3.63, 3.8) is 0 Å². The summed E-state index contributed by atoms with van der Waals surface area (Å²) < 4.78 is 5.11. The Hall–Kier alpha value is -0.530. The van der Waals surface area contributed by atoms with E-state index in [4.69, 9.17) is 4.74 Å². The standard InChI is InChI=1S/C11H18O2.H2/c1-2-8-4-3-5-10-9(6-8)7-13-11(10)12;/h8-10H,2-7H2,1H3;1H/t8-,9?,10?;/m0./s1. The average Bonchev–Trinajstić information content (AvgIpc) is 2.41. The summed E-state index contributed by atoms with van der Waals surface area (Å²) in [5.74, 6) is 1.70. The van der Waals surface area contributed by atoms with Crippen LogP contribution in [-0.4, -0.2) is 12.6 Å². The Morgan fingerprint density at radius 3 is 3.15 bits per heavy atom. The van der Waals surface area contributed by atoms with Gasteiger partial charge in [-0.05, 0) is 18.8 Å². The van der Waals surface area contributed by atoms with Gasteiger partial charge in [0.25, 0.3) is 0 Å². The minimum absolute atomic E-state index is 0. The van der Waals surface area contributed by atoms with E-state index in [-0.39, 0.29) is 13.3 Å². The molecule has 13 heavy (non-hydrogen) atoms. The SMILES string of the molecule is CC[C@H]1CCCC2C(=O)OCC2C1.[HH]. The van der Waals surface area contributed by atoms with Crippen LogP contribution in [0.5, 0.6) is 0 Å². The summed E-state index contributed by atoms with van der Waals surface area (Å²) in [4.78, 5) is 11.3. The van der Waals surface area contributed by atoms with E-state index >= 15 is 0 Å². The Bertz CT molecular complexity index is 205. The first kappa shape index (κ1) is 9.04. The van der Waals surface area contributed by atoms with Gasteiger partial charge in [-0.2, -0.15) is 0 Å². The van der Waals surface area contributed by atoms with Crippen molar-refractivity contribution >= 4 is 5.97 Å². The lowest BCUT2D eigenvalue weighted by atomic mass is 9.87. The summed E-state index contributed by atoms with van der Waals surface area (Å²) in [6, 6.07) is 0. The van der Waals surface area contributed by atoms with Crippen LogP contribution < -0.4 is 0 Å². The quantitative estimate of drug-likeness (QED) is 0.585. The van der Waals surface area contributed by atoms with Crippen molar-refractivity contribution < 1.29 is 11.0 Å². The number of fused-ring (bicyclic) bond motifs is 1. The Kier molecular flexibility index (Phi) is 2.56. The topological polar surface area (TPSA) is 26.3 Å². The van der Waals surface area contributed by atoms with Gasteiger partial charge in [-0.1, -0.05) is 26.2 Å². The molecule has 0 aromatic rings. The van der Waals surface area contributed by atoms with Crippen molar-refractivity contribution in [3.8, 4) is 0 Å². The molecule has 2 rings (SSSR count). The Morgan fingerprint density at radius 2 is 2.38 bits per heavy atom. The molecule has 1 saturated carbocycles. The molecule has 1 aliphatic carbocycles. The number of carbonyl (C=O) groups excluding carboxylic acids is 1. The summed E-state index contributed by atoms with van der Waals surface area (Å²) in [6.07, 6.45) is 6.08. The minimum atomic E-state index is 0. The molecule has 0 aromatic heterocycles. The summed E-state index contributed by atoms with van der Waals surface area (Å²) >= 11 is 0. The van der Waals surface area contributed by atoms with Gasteiger partial charge in [-0.3, -0.25) is 4.79 Å². The minimum Gasteiger partial charge on any atom is -0.465 e. The molecule has 1 heterocycles. The number of cyclic esters (lactones) is 1. The molecule has 2 heteroatoms. The molecule has 1 saturated heterocycles. The molecule has 0 bridgehead atoms. The highest BCUT2D eigenvalue weighted by atomic mass is 16.5. The average molecular weight is 184 g/mol. The van der Waals surface area contributed by atoms with Crippen LogP contribution in [0, 0.1) is 17.8 Å². The summed E-state index contributed by atoms with van der Waals surface area (Å²) in [5, 5.41) is 0. The van der Waals surface area contributed by atoms with Crippen LogP contribution in [0.15, 0.2) is 0 Å². The number of hydrogen-bond donors (Lipinski definition) is 0. The van der Waals surface area contributed by atoms with Crippen molar-refractivity contribution in [2.75, 3.05) is 6.61 Å². The fourth-order valence-electron chi connectivity index (χ4n) is 2.73. The molecule has 1 aliphatic heterocycles. The van der Waals surface area contributed by atoms with E-state index in [1.807, 2.05) is 0 Å². The van der Waals surface area contributed by atoms with Gasteiger partial charge in [0, 0.05) is 7.34 Å². The molecule has 2 nitrogen and oxygen atoms in total. The van der Waals surface area contributed by atoms with Gasteiger partial charge in [0.05, 0.1) is 12.5 Å². The monoisotopic (exact) mass is 184 g/mol. The molecule has 0 amide bonds. The predicted molar refractivity (Wildman–Crippen MR) is 52.3 cm³/mol. The largest absolute Gasteiger partial charge is 0.465 e. The van der Waals surface area contributed by atoms with E-state index in [9.17, 15) is 4.79 Å². The summed E-state index contributed by atoms with van der Waals surface area (Å²) in [5.41, 5.74) is 0. The molecule has 0 radical (unpaired) electrons. The van der Waals surface area contributed by atoms with Gasteiger partial charge in [0.15, 0.2) is 0 Å². The van der Waals surface area contributed by atoms with E-state index in [1.165, 1.54) is 25.7 Å². The fourth-order valence-corrected chi connectivity index (χ4v) is 2.73. The molecule has 3 atom stereocenters. The third kappa shape index (κ3) is 1.72. The molecular weight excluding hydrogens is 164 g/mol. The Balaban J connectivity index is 0.000000980. The maximum absolute atomic E-state index is 11.3. The Morgan fingerprint density at radius 1 is 1.54 bits per heavy atom. The number of ether oxygens (including phenoxy) is 1. The lowest BCUT2D eigenvalue weighted by Crippen LogP contribution is -2.15. The number of esters is 1. The second-order valence-electron chi connectivity index (χ2n) is 4.44. The molecule has 2 unspecified atom stereocenters. The Labute approximate surface area is 81.1 Å². The third-order valence-corrected chi connectivity index (χ3v) is 3.65. The van der Waals surface area contributed by atoms with Gasteiger partial charge in [-0.25, -0.2) is 0 Å². The first-order valence-electron chi connectivity index (χ1n) is 5.48. The second-order valence-corrected chi connectivity index (χ2v) is 4.44. The van der Waals surface area contributed by atoms with Crippen molar-refractivity contribution in [2.24, 2.45) is 17.8 Å². The first-order valence-corrected chi connectivity index (χ1v) is 5.48. The second kappa shape index (κ2) is 3.69. The highest BCUT2D eigenvalue weighted by Gasteiger charge is 2.38. The zero-order valence-corrected chi connectivity index (χ0v) is 8.29. The smallest absolute Gasteiger partial charge is 0.309 e. The summed E-state index contributed by atoms with van der Waals surface area (Å²) in [7, 11) is 0. The third-order valence-electron chi connectivity index (χ3n) is 3.65. The van der Waals surface area contributed by atoms with E-state index in [0.29, 0.717) is 12.5 Å². The maximum Gasteiger partial charge on any atom is 0.309 e. The highest BCUT2D eigenvalue weighted by molar-refractivity contribution is 5.74. The van der Waals surface area contributed by atoms with Crippen molar-refractivity contribution in [3.05, 3.63) is 0 Å². The van der Waals surface area contributed by atoms with Gasteiger partial charge in [0.2, 0.25) is 0 Å². The fraction of sp³-hybridized carbons (Fsp3) is 0.909. The van der Waals surface area contributed by atoms with Crippen LogP contribution in [0.2, 0.25) is 0 Å². The van der Waals surface area contributed by atoms with Crippen LogP contribution in [0.25, 0.3) is 0 Å². The van der Waals surface area contributed by atoms with Gasteiger partial charge >= 0.3 is 5.97 Å². The van der Waals surface area contributed by atoms with E-state index in [1.54, 1.807) is 0 Å². The lowest BCUT2D eigenvalue weighted by Gasteiger charge is -2.15. The van der Waals surface area contributed by atoms with Crippen LogP contribution in [0.4, 0.5) is 0 Å². The van der Waals surface area contributed by atoms with Gasteiger partial charge in [-0.15, -0.1) is 0 Å². The molecule has 0 aromatic carbocycles. The normalized spacial score (nSPS) is 39.5. The van der Waals surface area contributed by atoms with Gasteiger partial charge in [0.1, 0.15) is 0 Å². The highest BCUT2D eigenvalue weighted by Crippen LogP contribution is 2.37. The predicted octanol–water partition coefficient (Wildman–Crippen LogP) is 2.62. The molecule has 76 valence electrons. The molecule has 0 spiro atoms. The lowest BCUT2D eigenvalue weighted by molar-refractivity contribution is -0.141. The zero-order valence-electron chi connectivity index (χ0n) is 8.29. The first-order chi connectivity index (χ1) is 6.31. The van der Waals surface area contributed by atoms with E-state index < -0.39 is 0 Å². The molecule has 0 N–H and O–H groups in total. The summed E-state index contributed by atoms with van der Waals surface area (Å²) in [6.45, 7) is 2.95. The van der Waals surface area contributed by atoms with Crippen molar-refractivity contribution in [1.82, 2.24) is 0 Å². The number of rotatable bonds is 1. The van der Waals surface area contributed by atoms with Gasteiger partial charge < -0.3 is 4.74 Å². The van der Waals surface area contributed by atoms with Crippen molar-refractivity contribution in [1.29, 1.82) is 0 Å². The van der Waals surface area contributed by atoms with Crippen LogP contribution in [0.3, 0.4) is 0 Å². The zero-order chi connectivity index (χ0) is 9.26. The maximum atomic E-state index is 11.3. The molecule has 2 aliphatic rings. The number of carbonyl (C=O) groups is 1.